The number of fused-ring (bicyclic) bond motifs is 1. The lowest BCUT2D eigenvalue weighted by atomic mass is 10.2. The van der Waals surface area contributed by atoms with Gasteiger partial charge in [0, 0.05) is 29.6 Å². The molecule has 0 fully saturated rings. The Hall–Kier alpha value is -4.42. The molecule has 0 aliphatic heterocycles. The van der Waals surface area contributed by atoms with Gasteiger partial charge in [-0.2, -0.15) is 0 Å². The Morgan fingerprint density at radius 2 is 1.51 bits per heavy atom. The smallest absolute Gasteiger partial charge is 0.263 e. The SMILES string of the molecule is CCN(C)CC(=O)Nc1cccc(S(=O)(=O)Nc2nc3ccccc3nc2Nc2cc(OC)cc(OC)c2)c1. The lowest BCUT2D eigenvalue weighted by molar-refractivity contribution is -0.117. The molecule has 3 N–H and O–H groups in total. The highest BCUT2D eigenvalue weighted by atomic mass is 32.2. The average Bonchev–Trinajstić information content (AvgIpc) is 2.92. The number of nitrogens with one attached hydrogen (secondary N) is 3. The van der Waals surface area contributed by atoms with Gasteiger partial charge >= 0.3 is 0 Å². The fraction of sp³-hybridized carbons (Fsp3) is 0.222. The third-order valence-electron chi connectivity index (χ3n) is 5.80. The minimum atomic E-state index is -4.11. The molecule has 0 spiro atoms. The second-order valence-electron chi connectivity index (χ2n) is 8.65. The first-order valence-corrected chi connectivity index (χ1v) is 13.6. The normalized spacial score (nSPS) is 11.3. The van der Waals surface area contributed by atoms with Crippen molar-refractivity contribution in [1.82, 2.24) is 14.9 Å². The molecule has 0 radical (unpaired) electrons. The first-order chi connectivity index (χ1) is 18.7. The van der Waals surface area contributed by atoms with Gasteiger partial charge in [0.2, 0.25) is 5.91 Å². The zero-order chi connectivity index (χ0) is 28.0. The number of hydrogen-bond donors (Lipinski definition) is 3. The summed E-state index contributed by atoms with van der Waals surface area (Å²) < 4.78 is 40.1. The van der Waals surface area contributed by atoms with E-state index in [0.29, 0.717) is 40.5 Å². The highest BCUT2D eigenvalue weighted by molar-refractivity contribution is 7.92. The monoisotopic (exact) mass is 550 g/mol. The lowest BCUT2D eigenvalue weighted by Gasteiger charge is -2.16. The van der Waals surface area contributed by atoms with Gasteiger partial charge in [-0.15, -0.1) is 0 Å². The number of para-hydroxylation sites is 2. The van der Waals surface area contributed by atoms with E-state index in [-0.39, 0.29) is 29.0 Å². The number of anilines is 4. The fourth-order valence-corrected chi connectivity index (χ4v) is 4.71. The van der Waals surface area contributed by atoms with Crippen molar-refractivity contribution in [2.75, 3.05) is 49.7 Å². The van der Waals surface area contributed by atoms with E-state index < -0.39 is 10.0 Å². The van der Waals surface area contributed by atoms with E-state index in [2.05, 4.69) is 25.3 Å². The lowest BCUT2D eigenvalue weighted by Crippen LogP contribution is -2.30. The number of methoxy groups -OCH3 is 2. The van der Waals surface area contributed by atoms with Gasteiger partial charge in [0.25, 0.3) is 10.0 Å². The van der Waals surface area contributed by atoms with Crippen LogP contribution in [0.3, 0.4) is 0 Å². The molecule has 0 atom stereocenters. The molecule has 1 amide bonds. The van der Waals surface area contributed by atoms with Crippen LogP contribution >= 0.6 is 0 Å². The van der Waals surface area contributed by atoms with E-state index in [1.54, 1.807) is 48.5 Å². The minimum absolute atomic E-state index is 0.00510. The van der Waals surface area contributed by atoms with E-state index in [9.17, 15) is 13.2 Å². The van der Waals surface area contributed by atoms with Gasteiger partial charge in [0.15, 0.2) is 11.6 Å². The predicted molar refractivity (Wildman–Crippen MR) is 151 cm³/mol. The molecular formula is C27H30N6O5S. The van der Waals surface area contributed by atoms with Crippen molar-refractivity contribution in [1.29, 1.82) is 0 Å². The first-order valence-electron chi connectivity index (χ1n) is 12.1. The quantitative estimate of drug-likeness (QED) is 0.252. The summed E-state index contributed by atoms with van der Waals surface area (Å²) in [5.74, 6) is 1.00. The Labute approximate surface area is 227 Å². The predicted octanol–water partition coefficient (Wildman–Crippen LogP) is 4.08. The molecule has 0 aliphatic rings. The van der Waals surface area contributed by atoms with E-state index in [4.69, 9.17) is 9.47 Å². The number of ether oxygens (including phenoxy) is 2. The van der Waals surface area contributed by atoms with E-state index in [1.807, 2.05) is 24.9 Å². The maximum atomic E-state index is 13.4. The second kappa shape index (κ2) is 12.0. The Morgan fingerprint density at radius 3 is 2.13 bits per heavy atom. The van der Waals surface area contributed by atoms with Crippen molar-refractivity contribution in [3.8, 4) is 11.5 Å². The number of aromatic nitrogens is 2. The maximum Gasteiger partial charge on any atom is 0.263 e. The van der Waals surface area contributed by atoms with Crippen molar-refractivity contribution in [2.45, 2.75) is 11.8 Å². The number of benzene rings is 3. The van der Waals surface area contributed by atoms with Crippen LogP contribution in [-0.4, -0.2) is 63.5 Å². The van der Waals surface area contributed by atoms with Gasteiger partial charge in [0.1, 0.15) is 11.5 Å². The highest BCUT2D eigenvalue weighted by Crippen LogP contribution is 2.31. The average molecular weight is 551 g/mol. The van der Waals surface area contributed by atoms with Gasteiger partial charge in [0.05, 0.1) is 36.7 Å². The van der Waals surface area contributed by atoms with Gasteiger partial charge in [-0.05, 0) is 43.9 Å². The molecule has 4 aromatic rings. The molecule has 0 aliphatic carbocycles. The molecule has 0 saturated heterocycles. The maximum absolute atomic E-state index is 13.4. The topological polar surface area (TPSA) is 135 Å². The summed E-state index contributed by atoms with van der Waals surface area (Å²) in [4.78, 5) is 23.2. The molecule has 12 heteroatoms. The van der Waals surface area contributed by atoms with Crippen LogP contribution in [0.2, 0.25) is 0 Å². The van der Waals surface area contributed by atoms with Crippen molar-refractivity contribution >= 4 is 50.0 Å². The summed E-state index contributed by atoms with van der Waals surface area (Å²) in [6, 6.07) is 18.3. The number of amides is 1. The number of sulfonamides is 1. The zero-order valence-corrected chi connectivity index (χ0v) is 22.9. The van der Waals surface area contributed by atoms with Crippen LogP contribution < -0.4 is 24.8 Å². The summed E-state index contributed by atoms with van der Waals surface area (Å²) in [6.07, 6.45) is 0. The minimum Gasteiger partial charge on any atom is -0.497 e. The van der Waals surface area contributed by atoms with E-state index in [0.717, 1.165) is 0 Å². The van der Waals surface area contributed by atoms with Crippen LogP contribution in [0.5, 0.6) is 11.5 Å². The molecule has 0 saturated carbocycles. The third-order valence-corrected chi connectivity index (χ3v) is 7.13. The molecule has 11 nitrogen and oxygen atoms in total. The first kappa shape index (κ1) is 27.6. The number of nitrogens with zero attached hydrogens (tertiary/aromatic N) is 3. The number of hydrogen-bond acceptors (Lipinski definition) is 9. The van der Waals surface area contributed by atoms with Crippen LogP contribution in [0.1, 0.15) is 6.92 Å². The van der Waals surface area contributed by atoms with Crippen molar-refractivity contribution in [3.63, 3.8) is 0 Å². The Bertz CT molecular complexity index is 1570. The zero-order valence-electron chi connectivity index (χ0n) is 22.1. The van der Waals surface area contributed by atoms with Crippen molar-refractivity contribution in [2.24, 2.45) is 0 Å². The summed E-state index contributed by atoms with van der Waals surface area (Å²) in [5.41, 5.74) is 1.99. The summed E-state index contributed by atoms with van der Waals surface area (Å²) in [5, 5.41) is 5.86. The second-order valence-corrected chi connectivity index (χ2v) is 10.3. The molecule has 3 aromatic carbocycles. The van der Waals surface area contributed by atoms with E-state index >= 15 is 0 Å². The number of carbonyl (C=O) groups excluding carboxylic acids is 1. The van der Waals surface area contributed by atoms with Crippen LogP contribution in [0, 0.1) is 0 Å². The van der Waals surface area contributed by atoms with Gasteiger partial charge in [-0.1, -0.05) is 25.1 Å². The highest BCUT2D eigenvalue weighted by Gasteiger charge is 2.20. The van der Waals surface area contributed by atoms with Gasteiger partial charge in [-0.3, -0.25) is 14.4 Å². The van der Waals surface area contributed by atoms with Crippen LogP contribution in [0.4, 0.5) is 23.0 Å². The van der Waals surface area contributed by atoms with Crippen molar-refractivity contribution < 1.29 is 22.7 Å². The summed E-state index contributed by atoms with van der Waals surface area (Å²) in [6.45, 7) is 2.83. The van der Waals surface area contributed by atoms with Crippen LogP contribution in [-0.2, 0) is 14.8 Å². The molecule has 0 unspecified atom stereocenters. The van der Waals surface area contributed by atoms with Crippen molar-refractivity contribution in [3.05, 3.63) is 66.7 Å². The fourth-order valence-electron chi connectivity index (χ4n) is 3.66. The molecule has 39 heavy (non-hydrogen) atoms. The number of carbonyl (C=O) groups is 1. The van der Waals surface area contributed by atoms with Gasteiger partial charge < -0.3 is 20.1 Å². The Kier molecular flexibility index (Phi) is 8.47. The number of likely N-dealkylation sites (N-methyl/N-ethyl adjacent to an activating group) is 1. The molecule has 204 valence electrons. The standard InChI is InChI=1S/C27H30N6O5S/c1-5-33(2)17-25(34)28-18-9-8-10-22(15-18)39(35,36)32-27-26(30-23-11-6-7-12-24(23)31-27)29-19-13-20(37-3)16-21(14-19)38-4/h6-16H,5,17H2,1-4H3,(H,28,34)(H,29,30)(H,31,32). The number of rotatable bonds is 11. The molecule has 0 bridgehead atoms. The third kappa shape index (κ3) is 6.92. The molecule has 1 aromatic heterocycles. The van der Waals surface area contributed by atoms with Crippen LogP contribution in [0.15, 0.2) is 71.6 Å². The van der Waals surface area contributed by atoms with Gasteiger partial charge in [-0.25, -0.2) is 18.4 Å². The Morgan fingerprint density at radius 1 is 0.872 bits per heavy atom. The molecular weight excluding hydrogens is 520 g/mol. The summed E-state index contributed by atoms with van der Waals surface area (Å²) >= 11 is 0. The van der Waals surface area contributed by atoms with Crippen LogP contribution in [0.25, 0.3) is 11.0 Å². The summed E-state index contributed by atoms with van der Waals surface area (Å²) in [7, 11) is 0.778. The largest absolute Gasteiger partial charge is 0.497 e. The molecule has 1 heterocycles. The Balaban J connectivity index is 1.67. The van der Waals surface area contributed by atoms with E-state index in [1.165, 1.54) is 26.4 Å². The molecule has 4 rings (SSSR count).